The van der Waals surface area contributed by atoms with Crippen LogP contribution < -0.4 is 4.90 Å². The number of aryl methyl sites for hydroxylation is 2. The van der Waals surface area contributed by atoms with Gasteiger partial charge in [0.25, 0.3) is 0 Å². The van der Waals surface area contributed by atoms with Crippen molar-refractivity contribution in [2.75, 3.05) is 18.0 Å². The van der Waals surface area contributed by atoms with Crippen molar-refractivity contribution in [3.8, 4) is 22.5 Å². The predicted molar refractivity (Wildman–Crippen MR) is 135 cm³/mol. The Morgan fingerprint density at radius 1 is 0.882 bits per heavy atom. The molecule has 3 aromatic rings. The molecule has 0 saturated heterocycles. The van der Waals surface area contributed by atoms with Gasteiger partial charge in [0.1, 0.15) is 0 Å². The fourth-order valence-corrected chi connectivity index (χ4v) is 4.44. The minimum atomic E-state index is -0.739. The molecule has 178 valence electrons. The number of benzene rings is 2. The number of hydrogen-bond acceptors (Lipinski definition) is 5. The quantitative estimate of drug-likeness (QED) is 0.429. The highest BCUT2D eigenvalue weighted by atomic mass is 16.4. The zero-order valence-corrected chi connectivity index (χ0v) is 20.0. The van der Waals surface area contributed by atoms with Gasteiger partial charge < -0.3 is 15.1 Å². The topological polar surface area (TPSA) is 86.6 Å². The number of hydrogen-bond donors (Lipinski definition) is 2. The minimum Gasteiger partial charge on any atom is -0.481 e. The summed E-state index contributed by atoms with van der Waals surface area (Å²) < 4.78 is 0. The zero-order valence-electron chi connectivity index (χ0n) is 20.0. The monoisotopic (exact) mass is 459 g/mol. The van der Waals surface area contributed by atoms with E-state index in [1.54, 1.807) is 0 Å². The molecular weight excluding hydrogens is 426 g/mol. The molecule has 2 heterocycles. The first-order chi connectivity index (χ1) is 16.4. The lowest BCUT2D eigenvalue weighted by Crippen LogP contribution is -2.40. The number of rotatable bonds is 9. The van der Waals surface area contributed by atoms with Gasteiger partial charge in [-0.1, -0.05) is 72.5 Å². The largest absolute Gasteiger partial charge is 0.481 e. The Hall–Kier alpha value is -3.25. The maximum atomic E-state index is 10.7. The van der Waals surface area contributed by atoms with E-state index >= 15 is 0 Å². The van der Waals surface area contributed by atoms with Gasteiger partial charge >= 0.3 is 5.97 Å². The van der Waals surface area contributed by atoms with E-state index < -0.39 is 12.1 Å². The van der Waals surface area contributed by atoms with Crippen molar-refractivity contribution in [2.45, 2.75) is 58.5 Å². The molecule has 6 nitrogen and oxygen atoms in total. The summed E-state index contributed by atoms with van der Waals surface area (Å²) in [6.07, 6.45) is 3.70. The van der Waals surface area contributed by atoms with Crippen LogP contribution in [0.3, 0.4) is 0 Å². The first-order valence-electron chi connectivity index (χ1n) is 12.1. The Morgan fingerprint density at radius 2 is 1.44 bits per heavy atom. The molecule has 1 atom stereocenters. The summed E-state index contributed by atoms with van der Waals surface area (Å²) >= 11 is 0. The number of carbonyl (C=O) groups is 1. The van der Waals surface area contributed by atoms with Crippen LogP contribution in [0.1, 0.15) is 48.9 Å². The fraction of sp³-hybridized carbons (Fsp3) is 0.393. The summed E-state index contributed by atoms with van der Waals surface area (Å²) in [5.41, 5.74) is 6.94. The molecule has 0 fully saturated rings. The van der Waals surface area contributed by atoms with Crippen molar-refractivity contribution in [1.29, 1.82) is 0 Å². The van der Waals surface area contributed by atoms with Crippen molar-refractivity contribution in [3.05, 3.63) is 65.4 Å². The normalized spacial score (nSPS) is 15.3. The first kappa shape index (κ1) is 23.9. The van der Waals surface area contributed by atoms with Crippen molar-refractivity contribution < 1.29 is 15.0 Å². The van der Waals surface area contributed by atoms with E-state index in [2.05, 4.69) is 67.3 Å². The van der Waals surface area contributed by atoms with Crippen molar-refractivity contribution in [3.63, 3.8) is 0 Å². The smallest absolute Gasteiger partial charge is 0.303 e. The van der Waals surface area contributed by atoms with Crippen LogP contribution in [0.5, 0.6) is 0 Å². The van der Waals surface area contributed by atoms with E-state index in [1.165, 1.54) is 11.1 Å². The molecule has 0 radical (unpaired) electrons. The average Bonchev–Trinajstić information content (AvgIpc) is 2.81. The molecular formula is C28H33N3O3. The highest BCUT2D eigenvalue weighted by Crippen LogP contribution is 2.35. The summed E-state index contributed by atoms with van der Waals surface area (Å²) in [7, 11) is 0. The molecule has 0 saturated carbocycles. The standard InChI is InChI=1S/C28H33N3O3/c1-19-8-12-21(13-9-19)26-27(22-14-10-20(2)11-15-22)30-28-24(29-26)17-23(32)18-31(28)16-6-4-3-5-7-25(33)34/h8-15,23,32H,3-7,16-18H2,1-2H3,(H,33,34). The number of β-amino-alcohol motifs (C(OH)–C–C–N with tert-alkyl or cyclic N) is 1. The highest BCUT2D eigenvalue weighted by Gasteiger charge is 2.28. The van der Waals surface area contributed by atoms with E-state index in [0.29, 0.717) is 19.4 Å². The van der Waals surface area contributed by atoms with Gasteiger partial charge in [0.2, 0.25) is 0 Å². The predicted octanol–water partition coefficient (Wildman–Crippen LogP) is 5.19. The fourth-order valence-electron chi connectivity index (χ4n) is 4.44. The van der Waals surface area contributed by atoms with Crippen molar-refractivity contribution in [2.24, 2.45) is 0 Å². The number of aliphatic carboxylic acids is 1. The van der Waals surface area contributed by atoms with Crippen LogP contribution in [0.4, 0.5) is 5.82 Å². The SMILES string of the molecule is Cc1ccc(-c2nc3c(nc2-c2ccc(C)cc2)N(CCCCCCC(=O)O)CC(O)C3)cc1. The third-order valence-corrected chi connectivity index (χ3v) is 6.33. The van der Waals surface area contributed by atoms with E-state index in [4.69, 9.17) is 15.1 Å². The van der Waals surface area contributed by atoms with Crippen LogP contribution in [0.2, 0.25) is 0 Å². The van der Waals surface area contributed by atoms with Gasteiger partial charge in [-0.15, -0.1) is 0 Å². The third kappa shape index (κ3) is 5.81. The molecule has 1 aromatic heterocycles. The number of aromatic nitrogens is 2. The van der Waals surface area contributed by atoms with E-state index in [0.717, 1.165) is 59.8 Å². The van der Waals surface area contributed by atoms with Crippen LogP contribution in [-0.4, -0.2) is 45.3 Å². The Morgan fingerprint density at radius 3 is 2.03 bits per heavy atom. The molecule has 1 aliphatic heterocycles. The van der Waals surface area contributed by atoms with E-state index in [1.807, 2.05) is 0 Å². The van der Waals surface area contributed by atoms with Gasteiger partial charge in [-0.3, -0.25) is 4.79 Å². The molecule has 2 aromatic carbocycles. The van der Waals surface area contributed by atoms with E-state index in [-0.39, 0.29) is 6.42 Å². The number of anilines is 1. The summed E-state index contributed by atoms with van der Waals surface area (Å²) in [4.78, 5) is 23.1. The van der Waals surface area contributed by atoms with Crippen LogP contribution >= 0.6 is 0 Å². The zero-order chi connectivity index (χ0) is 24.1. The Bertz CT molecular complexity index is 1130. The molecule has 34 heavy (non-hydrogen) atoms. The van der Waals surface area contributed by atoms with Gasteiger partial charge in [-0.05, 0) is 26.7 Å². The molecule has 1 unspecified atom stereocenters. The van der Waals surface area contributed by atoms with Crippen molar-refractivity contribution >= 4 is 11.8 Å². The average molecular weight is 460 g/mol. The highest BCUT2D eigenvalue weighted by molar-refractivity contribution is 5.80. The van der Waals surface area contributed by atoms with E-state index in [9.17, 15) is 9.90 Å². The van der Waals surface area contributed by atoms with Gasteiger partial charge in [0, 0.05) is 37.1 Å². The second-order valence-corrected chi connectivity index (χ2v) is 9.29. The first-order valence-corrected chi connectivity index (χ1v) is 12.1. The Kier molecular flexibility index (Phi) is 7.58. The van der Waals surface area contributed by atoms with Crippen LogP contribution in [0, 0.1) is 13.8 Å². The molecule has 1 aliphatic rings. The van der Waals surface area contributed by atoms with Crippen molar-refractivity contribution in [1.82, 2.24) is 9.97 Å². The maximum absolute atomic E-state index is 10.7. The van der Waals surface area contributed by atoms with Crippen LogP contribution in [0.25, 0.3) is 22.5 Å². The van der Waals surface area contributed by atoms with Gasteiger partial charge in [0.15, 0.2) is 5.82 Å². The molecule has 4 rings (SSSR count). The Balaban J connectivity index is 1.65. The van der Waals surface area contributed by atoms with Gasteiger partial charge in [0.05, 0.1) is 23.2 Å². The Labute approximate surface area is 201 Å². The molecule has 6 heteroatoms. The van der Waals surface area contributed by atoms with Crippen LogP contribution in [0.15, 0.2) is 48.5 Å². The summed E-state index contributed by atoms with van der Waals surface area (Å²) in [5.74, 6) is 0.110. The number of fused-ring (bicyclic) bond motifs is 1. The number of aliphatic hydroxyl groups excluding tert-OH is 1. The lowest BCUT2D eigenvalue weighted by molar-refractivity contribution is -0.137. The summed E-state index contributed by atoms with van der Waals surface area (Å²) in [5, 5.41) is 19.4. The number of nitrogens with zero attached hydrogens (tertiary/aromatic N) is 3. The molecule has 2 N–H and O–H groups in total. The number of carboxylic acid groups (broad SMARTS) is 1. The molecule has 0 amide bonds. The number of carboxylic acids is 1. The van der Waals surface area contributed by atoms with Gasteiger partial charge in [-0.2, -0.15) is 0 Å². The third-order valence-electron chi connectivity index (χ3n) is 6.33. The number of aliphatic hydroxyl groups is 1. The van der Waals surface area contributed by atoms with Crippen LogP contribution in [-0.2, 0) is 11.2 Å². The summed E-state index contributed by atoms with van der Waals surface area (Å²) in [6, 6.07) is 16.7. The second-order valence-electron chi connectivity index (χ2n) is 9.29. The maximum Gasteiger partial charge on any atom is 0.303 e. The lowest BCUT2D eigenvalue weighted by atomic mass is 10.00. The molecule has 0 spiro atoms. The minimum absolute atomic E-state index is 0.221. The number of unbranched alkanes of at least 4 members (excludes halogenated alkanes) is 3. The molecule has 0 aliphatic carbocycles. The van der Waals surface area contributed by atoms with Gasteiger partial charge in [-0.25, -0.2) is 9.97 Å². The molecule has 0 bridgehead atoms. The summed E-state index contributed by atoms with van der Waals surface area (Å²) in [6.45, 7) is 5.44. The lowest BCUT2D eigenvalue weighted by Gasteiger charge is -2.33. The second kappa shape index (κ2) is 10.8.